The van der Waals surface area contributed by atoms with Crippen LogP contribution in [-0.2, 0) is 6.42 Å². The summed E-state index contributed by atoms with van der Waals surface area (Å²) in [4.78, 5) is 0. The van der Waals surface area contributed by atoms with Crippen LogP contribution in [0.5, 0.6) is 11.5 Å². The molecule has 76 valence electrons. The smallest absolute Gasteiger partial charge is 0.164 e. The monoisotopic (exact) mass is 193 g/mol. The molecule has 3 nitrogen and oxygen atoms in total. The fraction of sp³-hybridized carbons (Fsp3) is 0.455. The lowest BCUT2D eigenvalue weighted by atomic mass is 9.97. The summed E-state index contributed by atoms with van der Waals surface area (Å²) in [5.74, 6) is 2.15. The van der Waals surface area contributed by atoms with Crippen LogP contribution in [0.2, 0.25) is 0 Å². The minimum atomic E-state index is 0.439. The molecule has 1 aliphatic rings. The van der Waals surface area contributed by atoms with Crippen molar-refractivity contribution in [3.8, 4) is 11.5 Å². The fourth-order valence-corrected chi connectivity index (χ4v) is 1.77. The molecular formula is C11H15NO2. The molecule has 0 aliphatic carbocycles. The molecule has 1 aromatic carbocycles. The summed E-state index contributed by atoms with van der Waals surface area (Å²) in [6.45, 7) is 1.38. The predicted molar refractivity (Wildman–Crippen MR) is 54.7 cm³/mol. The summed E-state index contributed by atoms with van der Waals surface area (Å²) in [7, 11) is 1.66. The number of hydrogen-bond acceptors (Lipinski definition) is 3. The van der Waals surface area contributed by atoms with Gasteiger partial charge in [0.1, 0.15) is 0 Å². The van der Waals surface area contributed by atoms with E-state index < -0.39 is 0 Å². The lowest BCUT2D eigenvalue weighted by Crippen LogP contribution is -2.27. The van der Waals surface area contributed by atoms with Crippen LogP contribution in [-0.4, -0.2) is 20.3 Å². The molecule has 1 aliphatic heterocycles. The van der Waals surface area contributed by atoms with Gasteiger partial charge in [-0.25, -0.2) is 0 Å². The minimum Gasteiger partial charge on any atom is -0.493 e. The predicted octanol–water partition coefficient (Wildman–Crippen LogP) is 1.21. The number of benzene rings is 1. The van der Waals surface area contributed by atoms with Crippen molar-refractivity contribution in [1.29, 1.82) is 0 Å². The molecule has 0 fully saturated rings. The van der Waals surface area contributed by atoms with Gasteiger partial charge >= 0.3 is 0 Å². The van der Waals surface area contributed by atoms with Gasteiger partial charge in [-0.1, -0.05) is 12.1 Å². The molecular weight excluding hydrogens is 178 g/mol. The van der Waals surface area contributed by atoms with Crippen molar-refractivity contribution in [2.75, 3.05) is 20.3 Å². The van der Waals surface area contributed by atoms with Gasteiger partial charge in [-0.2, -0.15) is 0 Å². The molecule has 14 heavy (non-hydrogen) atoms. The van der Waals surface area contributed by atoms with Crippen LogP contribution in [0.3, 0.4) is 0 Å². The molecule has 1 aromatic rings. The van der Waals surface area contributed by atoms with Crippen molar-refractivity contribution < 1.29 is 9.47 Å². The highest BCUT2D eigenvalue weighted by atomic mass is 16.5. The van der Waals surface area contributed by atoms with Crippen LogP contribution in [0.15, 0.2) is 18.2 Å². The first-order valence-electron chi connectivity index (χ1n) is 4.84. The van der Waals surface area contributed by atoms with Crippen LogP contribution < -0.4 is 15.2 Å². The number of ether oxygens (including phenoxy) is 2. The molecule has 0 spiro atoms. The standard InChI is InChI=1S/C11H15NO2/c1-13-10-4-2-3-9-5-8(6-12)7-14-11(9)10/h2-4,8H,5-7,12H2,1H3/t8-/m0/s1. The molecule has 0 radical (unpaired) electrons. The van der Waals surface area contributed by atoms with Crippen molar-refractivity contribution in [2.24, 2.45) is 11.7 Å². The first-order chi connectivity index (χ1) is 6.85. The average Bonchev–Trinajstić information content (AvgIpc) is 2.27. The van der Waals surface area contributed by atoms with Crippen molar-refractivity contribution >= 4 is 0 Å². The lowest BCUT2D eigenvalue weighted by molar-refractivity contribution is 0.216. The van der Waals surface area contributed by atoms with E-state index in [1.165, 1.54) is 5.56 Å². The maximum absolute atomic E-state index is 5.64. The Morgan fingerprint density at radius 2 is 2.43 bits per heavy atom. The van der Waals surface area contributed by atoms with Crippen molar-refractivity contribution in [3.05, 3.63) is 23.8 Å². The number of para-hydroxylation sites is 1. The SMILES string of the molecule is COc1cccc2c1OC[C@H](CN)C2. The van der Waals surface area contributed by atoms with Gasteiger partial charge in [-0.15, -0.1) is 0 Å². The van der Waals surface area contributed by atoms with Gasteiger partial charge in [0.05, 0.1) is 13.7 Å². The van der Waals surface area contributed by atoms with Crippen molar-refractivity contribution in [3.63, 3.8) is 0 Å². The Morgan fingerprint density at radius 3 is 3.14 bits per heavy atom. The largest absolute Gasteiger partial charge is 0.493 e. The van der Waals surface area contributed by atoms with Gasteiger partial charge in [0.15, 0.2) is 11.5 Å². The van der Waals surface area contributed by atoms with Crippen LogP contribution >= 0.6 is 0 Å². The van der Waals surface area contributed by atoms with E-state index in [1.807, 2.05) is 12.1 Å². The summed E-state index contributed by atoms with van der Waals surface area (Å²) in [6.07, 6.45) is 0.989. The summed E-state index contributed by atoms with van der Waals surface area (Å²) >= 11 is 0. The van der Waals surface area contributed by atoms with Gasteiger partial charge < -0.3 is 15.2 Å². The highest BCUT2D eigenvalue weighted by Gasteiger charge is 2.21. The molecule has 0 amide bonds. The van der Waals surface area contributed by atoms with Crippen LogP contribution in [0.4, 0.5) is 0 Å². The third-order valence-corrected chi connectivity index (χ3v) is 2.59. The zero-order valence-corrected chi connectivity index (χ0v) is 8.32. The molecule has 0 saturated carbocycles. The highest BCUT2D eigenvalue weighted by Crippen LogP contribution is 2.35. The van der Waals surface area contributed by atoms with Crippen LogP contribution in [0.25, 0.3) is 0 Å². The second kappa shape index (κ2) is 3.88. The Labute approximate surface area is 83.8 Å². The molecule has 0 aromatic heterocycles. The zero-order chi connectivity index (χ0) is 9.97. The molecule has 2 N–H and O–H groups in total. The maximum atomic E-state index is 5.64. The molecule has 1 atom stereocenters. The number of fused-ring (bicyclic) bond motifs is 1. The quantitative estimate of drug-likeness (QED) is 0.767. The minimum absolute atomic E-state index is 0.439. The first-order valence-corrected chi connectivity index (χ1v) is 4.84. The second-order valence-corrected chi connectivity index (χ2v) is 3.57. The van der Waals surface area contributed by atoms with E-state index in [9.17, 15) is 0 Å². The Kier molecular flexibility index (Phi) is 2.59. The van der Waals surface area contributed by atoms with E-state index in [0.29, 0.717) is 19.1 Å². The molecule has 3 heteroatoms. The van der Waals surface area contributed by atoms with E-state index in [4.69, 9.17) is 15.2 Å². The second-order valence-electron chi connectivity index (χ2n) is 3.57. The Balaban J connectivity index is 2.30. The number of nitrogens with two attached hydrogens (primary N) is 1. The van der Waals surface area contributed by atoms with E-state index in [0.717, 1.165) is 17.9 Å². The fourth-order valence-electron chi connectivity index (χ4n) is 1.77. The third-order valence-electron chi connectivity index (χ3n) is 2.59. The Hall–Kier alpha value is -1.22. The molecule has 0 bridgehead atoms. The average molecular weight is 193 g/mol. The molecule has 0 unspecified atom stereocenters. The topological polar surface area (TPSA) is 44.5 Å². The van der Waals surface area contributed by atoms with Gasteiger partial charge in [-0.05, 0) is 24.6 Å². The van der Waals surface area contributed by atoms with Gasteiger partial charge in [0, 0.05) is 5.92 Å². The number of rotatable bonds is 2. The summed E-state index contributed by atoms with van der Waals surface area (Å²) in [5, 5.41) is 0. The van der Waals surface area contributed by atoms with Crippen LogP contribution in [0, 0.1) is 5.92 Å². The van der Waals surface area contributed by atoms with Gasteiger partial charge in [0.2, 0.25) is 0 Å². The zero-order valence-electron chi connectivity index (χ0n) is 8.32. The van der Waals surface area contributed by atoms with E-state index >= 15 is 0 Å². The van der Waals surface area contributed by atoms with E-state index in [1.54, 1.807) is 7.11 Å². The molecule has 0 saturated heterocycles. The highest BCUT2D eigenvalue weighted by molar-refractivity contribution is 5.47. The summed E-state index contributed by atoms with van der Waals surface area (Å²) in [5.41, 5.74) is 6.82. The van der Waals surface area contributed by atoms with Crippen LogP contribution in [0.1, 0.15) is 5.56 Å². The summed E-state index contributed by atoms with van der Waals surface area (Å²) in [6, 6.07) is 5.97. The van der Waals surface area contributed by atoms with Gasteiger partial charge in [-0.3, -0.25) is 0 Å². The van der Waals surface area contributed by atoms with Crippen molar-refractivity contribution in [1.82, 2.24) is 0 Å². The van der Waals surface area contributed by atoms with E-state index in [-0.39, 0.29) is 0 Å². The third kappa shape index (κ3) is 1.55. The normalized spacial score (nSPS) is 19.7. The Morgan fingerprint density at radius 1 is 1.57 bits per heavy atom. The summed E-state index contributed by atoms with van der Waals surface area (Å²) < 4.78 is 10.9. The van der Waals surface area contributed by atoms with Crippen molar-refractivity contribution in [2.45, 2.75) is 6.42 Å². The molecule has 1 heterocycles. The number of methoxy groups -OCH3 is 1. The maximum Gasteiger partial charge on any atom is 0.164 e. The first kappa shape index (κ1) is 9.34. The Bertz CT molecular complexity index is 325. The molecule has 2 rings (SSSR count). The van der Waals surface area contributed by atoms with Gasteiger partial charge in [0.25, 0.3) is 0 Å². The lowest BCUT2D eigenvalue weighted by Gasteiger charge is -2.25. The number of hydrogen-bond donors (Lipinski definition) is 1. The van der Waals surface area contributed by atoms with E-state index in [2.05, 4.69) is 6.07 Å².